The molecule has 2 N–H and O–H groups in total. The SMILES string of the molecule is C[Si](C)(C)OP(O)(O)(c1ccccc1)c1ccccc1. The Labute approximate surface area is 121 Å². The third kappa shape index (κ3) is 3.00. The molecular weight excluding hydrogens is 287 g/mol. The van der Waals surface area contributed by atoms with Crippen LogP contribution in [0.2, 0.25) is 19.6 Å². The molecule has 2 aromatic rings. The molecule has 2 rings (SSSR count). The van der Waals surface area contributed by atoms with Crippen LogP contribution in [0.3, 0.4) is 0 Å². The van der Waals surface area contributed by atoms with Crippen LogP contribution in [0, 0.1) is 0 Å². The van der Waals surface area contributed by atoms with E-state index in [4.69, 9.17) is 4.21 Å². The Bertz CT molecular complexity index is 536. The number of hydrogen-bond donors (Lipinski definition) is 2. The Morgan fingerprint density at radius 1 is 0.750 bits per heavy atom. The summed E-state index contributed by atoms with van der Waals surface area (Å²) in [6, 6.07) is 17.7. The van der Waals surface area contributed by atoms with Crippen LogP contribution in [0.5, 0.6) is 0 Å². The van der Waals surface area contributed by atoms with Gasteiger partial charge in [-0.1, -0.05) is 0 Å². The van der Waals surface area contributed by atoms with Crippen molar-refractivity contribution in [1.82, 2.24) is 0 Å². The van der Waals surface area contributed by atoms with E-state index in [1.165, 1.54) is 0 Å². The van der Waals surface area contributed by atoms with Crippen molar-refractivity contribution in [3.05, 3.63) is 60.7 Å². The van der Waals surface area contributed by atoms with Crippen molar-refractivity contribution in [1.29, 1.82) is 0 Å². The van der Waals surface area contributed by atoms with Gasteiger partial charge in [-0.2, -0.15) is 0 Å². The van der Waals surface area contributed by atoms with E-state index >= 15 is 0 Å². The van der Waals surface area contributed by atoms with Crippen molar-refractivity contribution in [3.8, 4) is 0 Å². The summed E-state index contributed by atoms with van der Waals surface area (Å²) in [5.74, 6) is 0. The summed E-state index contributed by atoms with van der Waals surface area (Å²) in [6.07, 6.45) is 0. The third-order valence-electron chi connectivity index (χ3n) is 2.89. The summed E-state index contributed by atoms with van der Waals surface area (Å²) in [4.78, 5) is 22.5. The van der Waals surface area contributed by atoms with Crippen molar-refractivity contribution in [3.63, 3.8) is 0 Å². The van der Waals surface area contributed by atoms with Gasteiger partial charge in [0.25, 0.3) is 0 Å². The van der Waals surface area contributed by atoms with Gasteiger partial charge in [-0.05, 0) is 0 Å². The van der Waals surface area contributed by atoms with Gasteiger partial charge in [0.1, 0.15) is 0 Å². The molecule has 108 valence electrons. The fraction of sp³-hybridized carbons (Fsp3) is 0.200. The predicted octanol–water partition coefficient (Wildman–Crippen LogP) is 2.77. The van der Waals surface area contributed by atoms with Crippen LogP contribution in [0.15, 0.2) is 60.7 Å². The topological polar surface area (TPSA) is 49.7 Å². The van der Waals surface area contributed by atoms with E-state index < -0.39 is 15.6 Å². The molecule has 2 aromatic carbocycles. The monoisotopic (exact) mass is 308 g/mol. The van der Waals surface area contributed by atoms with Gasteiger partial charge in [0.05, 0.1) is 0 Å². The Hall–Kier alpha value is -1.03. The van der Waals surface area contributed by atoms with Gasteiger partial charge < -0.3 is 0 Å². The maximum absolute atomic E-state index is 11.3. The summed E-state index contributed by atoms with van der Waals surface area (Å²) in [5.41, 5.74) is 0. The summed E-state index contributed by atoms with van der Waals surface area (Å²) in [5, 5.41) is 0.874. The van der Waals surface area contributed by atoms with Crippen LogP contribution >= 0.6 is 7.28 Å². The summed E-state index contributed by atoms with van der Waals surface area (Å²) in [6.45, 7) is 5.85. The Morgan fingerprint density at radius 3 is 1.40 bits per heavy atom. The second-order valence-electron chi connectivity index (χ2n) is 5.82. The first kappa shape index (κ1) is 15.4. The Morgan fingerprint density at radius 2 is 1.10 bits per heavy atom. The molecule has 0 bridgehead atoms. The molecular formula is C15H21O3PSi. The van der Waals surface area contributed by atoms with E-state index in [1.807, 2.05) is 31.8 Å². The first-order chi connectivity index (χ1) is 9.21. The first-order valence-electron chi connectivity index (χ1n) is 6.56. The molecule has 0 radical (unpaired) electrons. The van der Waals surface area contributed by atoms with Gasteiger partial charge in [0.15, 0.2) is 0 Å². The minimum absolute atomic E-state index is 0.437. The van der Waals surface area contributed by atoms with E-state index in [0.717, 1.165) is 0 Å². The molecule has 0 saturated heterocycles. The van der Waals surface area contributed by atoms with Crippen LogP contribution in [0.1, 0.15) is 0 Å². The van der Waals surface area contributed by atoms with Gasteiger partial charge in [0, 0.05) is 0 Å². The Kier molecular flexibility index (Phi) is 3.89. The third-order valence-corrected chi connectivity index (χ3v) is 8.92. The summed E-state index contributed by atoms with van der Waals surface area (Å²) in [7, 11) is -6.74. The quantitative estimate of drug-likeness (QED) is 0.674. The summed E-state index contributed by atoms with van der Waals surface area (Å²) >= 11 is 0. The van der Waals surface area contributed by atoms with E-state index in [9.17, 15) is 9.79 Å². The molecule has 20 heavy (non-hydrogen) atoms. The molecule has 0 aromatic heterocycles. The normalized spacial score (nSPS) is 14.6. The molecule has 0 aliphatic heterocycles. The number of rotatable bonds is 4. The molecule has 0 spiro atoms. The zero-order valence-electron chi connectivity index (χ0n) is 12.0. The van der Waals surface area contributed by atoms with E-state index in [2.05, 4.69) is 0 Å². The molecule has 0 unspecified atom stereocenters. The molecule has 5 heteroatoms. The van der Waals surface area contributed by atoms with Gasteiger partial charge >= 0.3 is 121 Å². The number of hydrogen-bond acceptors (Lipinski definition) is 3. The van der Waals surface area contributed by atoms with Gasteiger partial charge in [-0.15, -0.1) is 0 Å². The van der Waals surface area contributed by atoms with Crippen LogP contribution < -0.4 is 10.6 Å². The van der Waals surface area contributed by atoms with Crippen molar-refractivity contribution < 1.29 is 14.0 Å². The molecule has 0 heterocycles. The Balaban J connectivity index is 2.67. The van der Waals surface area contributed by atoms with E-state index in [0.29, 0.717) is 10.6 Å². The van der Waals surface area contributed by atoms with E-state index in [1.54, 1.807) is 48.5 Å². The van der Waals surface area contributed by atoms with Crippen LogP contribution in [0.25, 0.3) is 0 Å². The molecule has 0 aliphatic rings. The molecule has 0 saturated carbocycles. The standard InChI is InChI=1S/C15H21O3PSi/c1-20(2,3)18-19(16,17,14-10-6-4-7-11-14)15-12-8-5-9-13-15/h4-13,16-17H,1-3H3. The molecule has 0 aliphatic carbocycles. The minimum atomic E-state index is -4.57. The average molecular weight is 308 g/mol. The van der Waals surface area contributed by atoms with Crippen molar-refractivity contribution >= 4 is 26.2 Å². The van der Waals surface area contributed by atoms with Gasteiger partial charge in [-0.3, -0.25) is 0 Å². The number of benzene rings is 2. The van der Waals surface area contributed by atoms with Crippen molar-refractivity contribution in [2.75, 3.05) is 0 Å². The van der Waals surface area contributed by atoms with Gasteiger partial charge in [0.2, 0.25) is 0 Å². The second kappa shape index (κ2) is 5.06. The van der Waals surface area contributed by atoms with E-state index in [-0.39, 0.29) is 0 Å². The van der Waals surface area contributed by atoms with Crippen LogP contribution in [0.4, 0.5) is 0 Å². The fourth-order valence-corrected chi connectivity index (χ4v) is 8.88. The zero-order chi connectivity index (χ0) is 14.9. The van der Waals surface area contributed by atoms with Gasteiger partial charge in [-0.25, -0.2) is 0 Å². The van der Waals surface area contributed by atoms with Crippen LogP contribution in [-0.4, -0.2) is 18.1 Å². The van der Waals surface area contributed by atoms with Crippen molar-refractivity contribution in [2.24, 2.45) is 0 Å². The first-order valence-corrected chi connectivity index (χ1v) is 12.0. The fourth-order valence-electron chi connectivity index (χ4n) is 2.17. The molecule has 3 nitrogen and oxygen atoms in total. The second-order valence-corrected chi connectivity index (χ2v) is 13.7. The maximum atomic E-state index is 11.3. The summed E-state index contributed by atoms with van der Waals surface area (Å²) < 4.78 is 5.97. The molecule has 0 atom stereocenters. The van der Waals surface area contributed by atoms with Crippen LogP contribution in [-0.2, 0) is 4.21 Å². The van der Waals surface area contributed by atoms with Crippen molar-refractivity contribution in [2.45, 2.75) is 19.6 Å². The average Bonchev–Trinajstić information content (AvgIpc) is 2.39. The zero-order valence-corrected chi connectivity index (χ0v) is 13.9. The molecule has 0 amide bonds. The molecule has 0 fully saturated rings. The predicted molar refractivity (Wildman–Crippen MR) is 87.9 cm³/mol.